The third-order valence-corrected chi connectivity index (χ3v) is 4.01. The molecule has 0 spiro atoms. The maximum atomic E-state index is 12.2. The Balaban J connectivity index is 1.50. The zero-order chi connectivity index (χ0) is 16.2. The van der Waals surface area contributed by atoms with Crippen LogP contribution in [0, 0.1) is 6.92 Å². The van der Waals surface area contributed by atoms with E-state index in [4.69, 9.17) is 4.52 Å². The second-order valence-corrected chi connectivity index (χ2v) is 5.89. The van der Waals surface area contributed by atoms with Gasteiger partial charge in [-0.3, -0.25) is 4.79 Å². The molecule has 1 aromatic carbocycles. The maximum absolute atomic E-state index is 12.2. The van der Waals surface area contributed by atoms with Crippen molar-refractivity contribution in [1.82, 2.24) is 15.0 Å². The topological polar surface area (TPSA) is 62.1 Å². The molecular weight excluding hydrogens is 290 g/mol. The fourth-order valence-corrected chi connectivity index (χ4v) is 2.78. The summed E-state index contributed by atoms with van der Waals surface area (Å²) in [4.78, 5) is 17.2. The number of aryl methyl sites for hydroxylation is 2. The van der Waals surface area contributed by atoms with Gasteiger partial charge in [-0.2, -0.15) is 0 Å². The quantitative estimate of drug-likeness (QED) is 0.758. The summed E-state index contributed by atoms with van der Waals surface area (Å²) in [7, 11) is 1.80. The van der Waals surface area contributed by atoms with Gasteiger partial charge in [0.05, 0.1) is 6.54 Å². The Bertz CT molecular complexity index is 803. The molecule has 2 aromatic heterocycles. The molecule has 1 amide bonds. The lowest BCUT2D eigenvalue weighted by molar-refractivity contribution is -0.130. The number of nitrogens with zero attached hydrogens (tertiary/aromatic N) is 2. The third kappa shape index (κ3) is 3.62. The summed E-state index contributed by atoms with van der Waals surface area (Å²) in [6.45, 7) is 2.34. The molecule has 0 aliphatic carbocycles. The van der Waals surface area contributed by atoms with E-state index < -0.39 is 0 Å². The van der Waals surface area contributed by atoms with Crippen molar-refractivity contribution < 1.29 is 9.32 Å². The molecule has 0 fully saturated rings. The van der Waals surface area contributed by atoms with Crippen LogP contribution in [-0.2, 0) is 17.8 Å². The summed E-state index contributed by atoms with van der Waals surface area (Å²) >= 11 is 0. The van der Waals surface area contributed by atoms with E-state index >= 15 is 0 Å². The Hall–Kier alpha value is -2.56. The molecule has 0 saturated carbocycles. The third-order valence-electron chi connectivity index (χ3n) is 4.01. The maximum Gasteiger partial charge on any atom is 0.222 e. The van der Waals surface area contributed by atoms with Gasteiger partial charge in [0, 0.05) is 36.6 Å². The Labute approximate surface area is 135 Å². The van der Waals surface area contributed by atoms with Crippen molar-refractivity contribution in [2.75, 3.05) is 7.05 Å². The lowest BCUT2D eigenvalue weighted by Crippen LogP contribution is -2.26. The number of H-pyrrole nitrogens is 1. The van der Waals surface area contributed by atoms with Gasteiger partial charge in [0.2, 0.25) is 5.91 Å². The van der Waals surface area contributed by atoms with Crippen LogP contribution < -0.4 is 0 Å². The van der Waals surface area contributed by atoms with Gasteiger partial charge in [0.15, 0.2) is 0 Å². The molecule has 5 nitrogen and oxygen atoms in total. The van der Waals surface area contributed by atoms with E-state index in [0.29, 0.717) is 13.0 Å². The van der Waals surface area contributed by atoms with Gasteiger partial charge in [-0.05, 0) is 31.4 Å². The lowest BCUT2D eigenvalue weighted by Gasteiger charge is -2.15. The molecule has 0 unspecified atom stereocenters. The van der Waals surface area contributed by atoms with Crippen molar-refractivity contribution in [2.24, 2.45) is 0 Å². The Kier molecular flexibility index (Phi) is 4.46. The van der Waals surface area contributed by atoms with E-state index in [1.807, 2.05) is 31.3 Å². The van der Waals surface area contributed by atoms with Crippen LogP contribution in [0.2, 0.25) is 0 Å². The van der Waals surface area contributed by atoms with E-state index in [9.17, 15) is 4.79 Å². The second kappa shape index (κ2) is 6.69. The number of benzene rings is 1. The van der Waals surface area contributed by atoms with Crippen molar-refractivity contribution in [1.29, 1.82) is 0 Å². The lowest BCUT2D eigenvalue weighted by atomic mass is 10.1. The summed E-state index contributed by atoms with van der Waals surface area (Å²) in [6.07, 6.45) is 4.30. The highest BCUT2D eigenvalue weighted by molar-refractivity contribution is 5.83. The van der Waals surface area contributed by atoms with E-state index in [1.165, 1.54) is 10.9 Å². The van der Waals surface area contributed by atoms with Gasteiger partial charge in [-0.15, -0.1) is 0 Å². The molecule has 0 aliphatic heterocycles. The van der Waals surface area contributed by atoms with E-state index in [1.54, 1.807) is 11.9 Å². The van der Waals surface area contributed by atoms with Crippen molar-refractivity contribution in [3.8, 4) is 0 Å². The molecule has 120 valence electrons. The minimum atomic E-state index is 0.130. The predicted octanol–water partition coefficient (Wildman–Crippen LogP) is 3.45. The number of nitrogens with one attached hydrogen (secondary N) is 1. The van der Waals surface area contributed by atoms with E-state index in [-0.39, 0.29) is 5.91 Å². The zero-order valence-electron chi connectivity index (χ0n) is 13.5. The van der Waals surface area contributed by atoms with Crippen LogP contribution in [0.25, 0.3) is 10.9 Å². The number of amides is 1. The van der Waals surface area contributed by atoms with Crippen LogP contribution in [0.5, 0.6) is 0 Å². The first kappa shape index (κ1) is 15.3. The number of para-hydroxylation sites is 1. The van der Waals surface area contributed by atoms with Gasteiger partial charge in [-0.1, -0.05) is 23.4 Å². The average molecular weight is 311 g/mol. The summed E-state index contributed by atoms with van der Waals surface area (Å²) in [5.74, 6) is 0.894. The van der Waals surface area contributed by atoms with Gasteiger partial charge < -0.3 is 14.4 Å². The summed E-state index contributed by atoms with van der Waals surface area (Å²) in [5, 5.41) is 5.16. The minimum Gasteiger partial charge on any atom is -0.361 e. The van der Waals surface area contributed by atoms with Crippen molar-refractivity contribution >= 4 is 16.8 Å². The number of hydrogen-bond donors (Lipinski definition) is 1. The molecule has 5 heteroatoms. The van der Waals surface area contributed by atoms with Gasteiger partial charge >= 0.3 is 0 Å². The van der Waals surface area contributed by atoms with Gasteiger partial charge in [-0.25, -0.2) is 0 Å². The number of rotatable bonds is 6. The monoisotopic (exact) mass is 311 g/mol. The molecule has 0 atom stereocenters. The molecule has 1 N–H and O–H groups in total. The SMILES string of the molecule is Cc1cc(CN(C)C(=O)CCCc2c[nH]c3ccccc23)no1. The molecule has 3 aromatic rings. The molecule has 23 heavy (non-hydrogen) atoms. The summed E-state index contributed by atoms with van der Waals surface area (Å²) in [6, 6.07) is 10.1. The average Bonchev–Trinajstić information content (AvgIpc) is 3.14. The number of carbonyl (C=O) groups excluding carboxylic acids is 1. The second-order valence-electron chi connectivity index (χ2n) is 5.89. The standard InChI is InChI=1S/C18H21N3O2/c1-13-10-15(20-23-13)12-21(2)18(22)9-5-6-14-11-19-17-8-4-3-7-16(14)17/h3-4,7-8,10-11,19H,5-6,9,12H2,1-2H3. The van der Waals surface area contributed by atoms with Gasteiger partial charge in [0.1, 0.15) is 11.5 Å². The first-order chi connectivity index (χ1) is 11.1. The Morgan fingerprint density at radius 1 is 1.35 bits per heavy atom. The Morgan fingerprint density at radius 3 is 2.96 bits per heavy atom. The highest BCUT2D eigenvalue weighted by Crippen LogP contribution is 2.19. The summed E-state index contributed by atoms with van der Waals surface area (Å²) < 4.78 is 5.02. The van der Waals surface area contributed by atoms with Crippen LogP contribution in [0.4, 0.5) is 0 Å². The molecule has 0 aliphatic rings. The Morgan fingerprint density at radius 2 is 2.17 bits per heavy atom. The first-order valence-electron chi connectivity index (χ1n) is 7.84. The van der Waals surface area contributed by atoms with Crippen LogP contribution in [0.1, 0.15) is 29.9 Å². The number of carbonyl (C=O) groups is 1. The number of aromatic amines is 1. The molecular formula is C18H21N3O2. The fraction of sp³-hybridized carbons (Fsp3) is 0.333. The van der Waals surface area contributed by atoms with Crippen LogP contribution in [-0.4, -0.2) is 28.0 Å². The molecule has 2 heterocycles. The van der Waals surface area contributed by atoms with Crippen LogP contribution >= 0.6 is 0 Å². The normalized spacial score (nSPS) is 11.0. The van der Waals surface area contributed by atoms with E-state index in [0.717, 1.165) is 29.8 Å². The minimum absolute atomic E-state index is 0.130. The fourth-order valence-electron chi connectivity index (χ4n) is 2.78. The summed E-state index contributed by atoms with van der Waals surface area (Å²) in [5.41, 5.74) is 3.20. The van der Waals surface area contributed by atoms with Crippen molar-refractivity contribution in [3.63, 3.8) is 0 Å². The highest BCUT2D eigenvalue weighted by atomic mass is 16.5. The highest BCUT2D eigenvalue weighted by Gasteiger charge is 2.12. The number of fused-ring (bicyclic) bond motifs is 1. The first-order valence-corrected chi connectivity index (χ1v) is 7.84. The van der Waals surface area contributed by atoms with E-state index in [2.05, 4.69) is 22.3 Å². The molecule has 3 rings (SSSR count). The number of hydrogen-bond acceptors (Lipinski definition) is 3. The predicted molar refractivity (Wildman–Crippen MR) is 89.0 cm³/mol. The zero-order valence-corrected chi connectivity index (χ0v) is 13.5. The molecule has 0 saturated heterocycles. The van der Waals surface area contributed by atoms with Crippen molar-refractivity contribution in [3.05, 3.63) is 53.5 Å². The largest absolute Gasteiger partial charge is 0.361 e. The van der Waals surface area contributed by atoms with Crippen LogP contribution in [0.15, 0.2) is 41.1 Å². The smallest absolute Gasteiger partial charge is 0.222 e. The molecule has 0 bridgehead atoms. The van der Waals surface area contributed by atoms with Gasteiger partial charge in [0.25, 0.3) is 0 Å². The van der Waals surface area contributed by atoms with Crippen LogP contribution in [0.3, 0.4) is 0 Å². The van der Waals surface area contributed by atoms with Crippen molar-refractivity contribution in [2.45, 2.75) is 32.7 Å². The molecule has 0 radical (unpaired) electrons. The number of aromatic nitrogens is 2.